The number of nitrogens with two attached hydrogens (primary N) is 1. The van der Waals surface area contributed by atoms with Crippen LogP contribution >= 0.6 is 0 Å². The summed E-state index contributed by atoms with van der Waals surface area (Å²) >= 11 is 0. The molecule has 0 atom stereocenters. The number of methoxy groups -OCH3 is 1. The molecule has 0 spiro atoms. The summed E-state index contributed by atoms with van der Waals surface area (Å²) in [5, 5.41) is 0. The van der Waals surface area contributed by atoms with Crippen LogP contribution in [0.3, 0.4) is 0 Å². The van der Waals surface area contributed by atoms with E-state index in [1.807, 2.05) is 0 Å². The molecule has 0 saturated carbocycles. The molecule has 5 heteroatoms. The monoisotopic (exact) mass is 231 g/mol. The molecule has 0 aromatic heterocycles. The Balaban J connectivity index is 3.00. The summed E-state index contributed by atoms with van der Waals surface area (Å²) in [6.07, 6.45) is 0.422. The lowest BCUT2D eigenvalue weighted by atomic mass is 10.1. The van der Waals surface area contributed by atoms with Crippen molar-refractivity contribution < 1.29 is 17.9 Å². The first-order valence-electron chi connectivity index (χ1n) is 4.62. The molecule has 0 saturated heterocycles. The van der Waals surface area contributed by atoms with Crippen LogP contribution in [0.15, 0.2) is 24.0 Å². The normalized spacial score (nSPS) is 11.7. The van der Waals surface area contributed by atoms with Gasteiger partial charge in [0.15, 0.2) is 17.4 Å². The molecule has 0 unspecified atom stereocenters. The Kier molecular flexibility index (Phi) is 4.37. The maximum Gasteiger partial charge on any atom is 0.190 e. The minimum Gasteiger partial charge on any atom is -0.491 e. The minimum atomic E-state index is -0.812. The molecule has 88 valence electrons. The topological polar surface area (TPSA) is 35.2 Å². The van der Waals surface area contributed by atoms with Crippen molar-refractivity contribution in [3.05, 3.63) is 41.2 Å². The zero-order valence-corrected chi connectivity index (χ0v) is 8.77. The highest BCUT2D eigenvalue weighted by Crippen LogP contribution is 2.23. The number of halogens is 3. The quantitative estimate of drug-likeness (QED) is 0.863. The third-order valence-electron chi connectivity index (χ3n) is 2.11. The van der Waals surface area contributed by atoms with Gasteiger partial charge in [-0.3, -0.25) is 0 Å². The molecule has 1 aromatic carbocycles. The fraction of sp³-hybridized carbons (Fsp3) is 0.273. The van der Waals surface area contributed by atoms with Crippen molar-refractivity contribution in [2.45, 2.75) is 6.42 Å². The molecule has 1 aromatic rings. The lowest BCUT2D eigenvalue weighted by molar-refractivity contribution is 0.359. The van der Waals surface area contributed by atoms with Crippen molar-refractivity contribution in [1.29, 1.82) is 0 Å². The SMILES string of the molecule is COc1c(F)cc(C/C(=C/F)CN)cc1F. The largest absolute Gasteiger partial charge is 0.491 e. The van der Waals surface area contributed by atoms with Gasteiger partial charge in [-0.15, -0.1) is 0 Å². The van der Waals surface area contributed by atoms with E-state index >= 15 is 0 Å². The first-order chi connectivity index (χ1) is 7.62. The molecule has 0 aliphatic rings. The number of hydrogen-bond donors (Lipinski definition) is 1. The Morgan fingerprint density at radius 1 is 1.38 bits per heavy atom. The van der Waals surface area contributed by atoms with Crippen LogP contribution in [0, 0.1) is 11.6 Å². The molecule has 0 heterocycles. The molecule has 0 aliphatic carbocycles. The van der Waals surface area contributed by atoms with E-state index in [0.717, 1.165) is 12.1 Å². The average molecular weight is 231 g/mol. The van der Waals surface area contributed by atoms with Crippen LogP contribution in [-0.4, -0.2) is 13.7 Å². The molecule has 0 amide bonds. The Morgan fingerprint density at radius 2 is 1.94 bits per heavy atom. The van der Waals surface area contributed by atoms with E-state index in [2.05, 4.69) is 4.74 Å². The Labute approximate surface area is 91.5 Å². The predicted molar refractivity (Wildman–Crippen MR) is 54.9 cm³/mol. The maximum atomic E-state index is 13.3. The number of ether oxygens (including phenoxy) is 1. The van der Waals surface area contributed by atoms with Crippen LogP contribution < -0.4 is 10.5 Å². The van der Waals surface area contributed by atoms with Crippen molar-refractivity contribution in [2.75, 3.05) is 13.7 Å². The van der Waals surface area contributed by atoms with E-state index in [1.54, 1.807) is 0 Å². The van der Waals surface area contributed by atoms with E-state index in [-0.39, 0.29) is 18.5 Å². The molecule has 0 fully saturated rings. The van der Waals surface area contributed by atoms with Gasteiger partial charge < -0.3 is 10.5 Å². The third kappa shape index (κ3) is 2.76. The number of hydrogen-bond acceptors (Lipinski definition) is 2. The molecule has 1 rings (SSSR count). The van der Waals surface area contributed by atoms with E-state index in [9.17, 15) is 13.2 Å². The smallest absolute Gasteiger partial charge is 0.190 e. The molecular weight excluding hydrogens is 219 g/mol. The molecule has 0 bridgehead atoms. The van der Waals surface area contributed by atoms with Gasteiger partial charge in [0.2, 0.25) is 0 Å². The first kappa shape index (κ1) is 12.6. The van der Waals surface area contributed by atoms with Crippen LogP contribution in [0.4, 0.5) is 13.2 Å². The Bertz CT molecular complexity index is 381. The highest BCUT2D eigenvalue weighted by molar-refractivity contribution is 5.33. The molecule has 0 radical (unpaired) electrons. The van der Waals surface area contributed by atoms with Gasteiger partial charge in [-0.2, -0.15) is 0 Å². The first-order valence-corrected chi connectivity index (χ1v) is 4.62. The summed E-state index contributed by atoms with van der Waals surface area (Å²) in [7, 11) is 1.17. The molecule has 2 nitrogen and oxygen atoms in total. The Hall–Kier alpha value is -1.49. The zero-order chi connectivity index (χ0) is 12.1. The second-order valence-corrected chi connectivity index (χ2v) is 3.24. The number of benzene rings is 1. The lowest BCUT2D eigenvalue weighted by Crippen LogP contribution is -2.06. The van der Waals surface area contributed by atoms with Gasteiger partial charge in [0.05, 0.1) is 13.4 Å². The van der Waals surface area contributed by atoms with Crippen molar-refractivity contribution in [3.63, 3.8) is 0 Å². The van der Waals surface area contributed by atoms with Crippen molar-refractivity contribution in [2.24, 2.45) is 5.73 Å². The number of rotatable bonds is 4. The second-order valence-electron chi connectivity index (χ2n) is 3.24. The summed E-state index contributed by atoms with van der Waals surface area (Å²) in [5.41, 5.74) is 5.82. The standard InChI is InChI=1S/C11H12F3NO/c1-16-11-9(13)3-7(4-10(11)14)2-8(5-12)6-15/h3-5H,2,6,15H2,1H3/b8-5-. The summed E-state index contributed by atoms with van der Waals surface area (Å²) in [5.74, 6) is -2.07. The van der Waals surface area contributed by atoms with E-state index in [0.29, 0.717) is 11.9 Å². The fourth-order valence-electron chi connectivity index (χ4n) is 1.33. The summed E-state index contributed by atoms with van der Waals surface area (Å²) < 4.78 is 43.3. The second kappa shape index (κ2) is 5.55. The van der Waals surface area contributed by atoms with E-state index in [4.69, 9.17) is 5.73 Å². The lowest BCUT2D eigenvalue weighted by Gasteiger charge is -2.07. The molecular formula is C11H12F3NO. The van der Waals surface area contributed by atoms with Gasteiger partial charge in [-0.05, 0) is 29.7 Å². The summed E-state index contributed by atoms with van der Waals surface area (Å²) in [6.45, 7) is 0.00572. The third-order valence-corrected chi connectivity index (χ3v) is 2.11. The van der Waals surface area contributed by atoms with Crippen molar-refractivity contribution in [1.82, 2.24) is 0 Å². The highest BCUT2D eigenvalue weighted by Gasteiger charge is 2.12. The van der Waals surface area contributed by atoms with Crippen LogP contribution in [0.5, 0.6) is 5.75 Å². The van der Waals surface area contributed by atoms with Crippen LogP contribution in [0.2, 0.25) is 0 Å². The van der Waals surface area contributed by atoms with Crippen LogP contribution in [0.25, 0.3) is 0 Å². The van der Waals surface area contributed by atoms with Crippen molar-refractivity contribution in [3.8, 4) is 5.75 Å². The summed E-state index contributed by atoms with van der Waals surface area (Å²) in [4.78, 5) is 0. The van der Waals surface area contributed by atoms with Gasteiger partial charge >= 0.3 is 0 Å². The zero-order valence-electron chi connectivity index (χ0n) is 8.77. The van der Waals surface area contributed by atoms with Crippen molar-refractivity contribution >= 4 is 0 Å². The van der Waals surface area contributed by atoms with Gasteiger partial charge in [-0.25, -0.2) is 13.2 Å². The average Bonchev–Trinajstić information content (AvgIpc) is 2.25. The Morgan fingerprint density at radius 3 is 2.31 bits per heavy atom. The van der Waals surface area contributed by atoms with E-state index in [1.165, 1.54) is 7.11 Å². The molecule has 0 aliphatic heterocycles. The minimum absolute atomic E-state index is 0.00572. The van der Waals surface area contributed by atoms with Gasteiger partial charge in [0.1, 0.15) is 0 Å². The van der Waals surface area contributed by atoms with Crippen LogP contribution in [0.1, 0.15) is 5.56 Å². The summed E-state index contributed by atoms with van der Waals surface area (Å²) in [6, 6.07) is 2.20. The van der Waals surface area contributed by atoms with E-state index < -0.39 is 17.4 Å². The van der Waals surface area contributed by atoms with Gasteiger partial charge in [0, 0.05) is 6.54 Å². The fourth-order valence-corrected chi connectivity index (χ4v) is 1.33. The predicted octanol–water partition coefficient (Wildman–Crippen LogP) is 2.33. The van der Waals surface area contributed by atoms with Gasteiger partial charge in [-0.1, -0.05) is 0 Å². The maximum absolute atomic E-state index is 13.3. The molecule has 2 N–H and O–H groups in total. The molecule has 16 heavy (non-hydrogen) atoms. The highest BCUT2D eigenvalue weighted by atomic mass is 19.1. The van der Waals surface area contributed by atoms with Crippen LogP contribution in [-0.2, 0) is 6.42 Å². The van der Waals surface area contributed by atoms with Gasteiger partial charge in [0.25, 0.3) is 0 Å².